The molecule has 3 nitrogen and oxygen atoms in total. The van der Waals surface area contributed by atoms with Gasteiger partial charge in [0.15, 0.2) is 0 Å². The standard InChI is InChI=1S/C15H25NO2/c1-15(2,3)13-10-12(6-7-14(13)18)11-16-8-4-5-9-17/h6-7,10,16-18H,4-5,8-9,11H2,1-3H3. The van der Waals surface area contributed by atoms with Gasteiger partial charge in [-0.05, 0) is 42.0 Å². The van der Waals surface area contributed by atoms with Crippen molar-refractivity contribution < 1.29 is 10.2 Å². The van der Waals surface area contributed by atoms with Crippen LogP contribution >= 0.6 is 0 Å². The predicted octanol–water partition coefficient (Wildman–Crippen LogP) is 2.55. The van der Waals surface area contributed by atoms with Gasteiger partial charge in [0.25, 0.3) is 0 Å². The summed E-state index contributed by atoms with van der Waals surface area (Å²) in [6.07, 6.45) is 1.83. The number of benzene rings is 1. The molecule has 3 heteroatoms. The molecule has 0 spiro atoms. The van der Waals surface area contributed by atoms with Gasteiger partial charge in [-0.2, -0.15) is 0 Å². The highest BCUT2D eigenvalue weighted by molar-refractivity contribution is 5.40. The van der Waals surface area contributed by atoms with Crippen LogP contribution in [-0.4, -0.2) is 23.4 Å². The van der Waals surface area contributed by atoms with Gasteiger partial charge in [0.05, 0.1) is 0 Å². The molecule has 0 aliphatic carbocycles. The zero-order chi connectivity index (χ0) is 13.6. The van der Waals surface area contributed by atoms with Crippen molar-refractivity contribution in [2.75, 3.05) is 13.2 Å². The first kappa shape index (κ1) is 15.0. The molecule has 0 fully saturated rings. The maximum absolute atomic E-state index is 9.86. The van der Waals surface area contributed by atoms with Crippen LogP contribution in [0.2, 0.25) is 0 Å². The molecule has 0 unspecified atom stereocenters. The maximum atomic E-state index is 9.86. The van der Waals surface area contributed by atoms with E-state index < -0.39 is 0 Å². The predicted molar refractivity (Wildman–Crippen MR) is 74.8 cm³/mol. The number of aromatic hydroxyl groups is 1. The van der Waals surface area contributed by atoms with Crippen LogP contribution in [0.1, 0.15) is 44.7 Å². The topological polar surface area (TPSA) is 52.5 Å². The van der Waals surface area contributed by atoms with Crippen LogP contribution in [0, 0.1) is 0 Å². The Bertz CT molecular complexity index is 369. The highest BCUT2D eigenvalue weighted by Gasteiger charge is 2.18. The summed E-state index contributed by atoms with van der Waals surface area (Å²) in [5, 5.41) is 21.9. The minimum absolute atomic E-state index is 0.0447. The van der Waals surface area contributed by atoms with Crippen LogP contribution in [0.25, 0.3) is 0 Å². The monoisotopic (exact) mass is 251 g/mol. The third-order valence-corrected chi connectivity index (χ3v) is 2.96. The summed E-state index contributed by atoms with van der Waals surface area (Å²) in [5.41, 5.74) is 2.12. The van der Waals surface area contributed by atoms with Crippen molar-refractivity contribution in [3.05, 3.63) is 29.3 Å². The Hall–Kier alpha value is -1.06. The van der Waals surface area contributed by atoms with Crippen LogP contribution < -0.4 is 5.32 Å². The summed E-state index contributed by atoms with van der Waals surface area (Å²) in [5.74, 6) is 0.367. The smallest absolute Gasteiger partial charge is 0.119 e. The number of hydrogen-bond donors (Lipinski definition) is 3. The highest BCUT2D eigenvalue weighted by atomic mass is 16.3. The average Bonchev–Trinajstić information content (AvgIpc) is 2.29. The van der Waals surface area contributed by atoms with Crippen molar-refractivity contribution in [3.8, 4) is 5.75 Å². The van der Waals surface area contributed by atoms with Gasteiger partial charge in [-0.15, -0.1) is 0 Å². The van der Waals surface area contributed by atoms with E-state index in [0.29, 0.717) is 5.75 Å². The van der Waals surface area contributed by atoms with Crippen LogP contribution in [-0.2, 0) is 12.0 Å². The first-order valence-electron chi connectivity index (χ1n) is 6.59. The van der Waals surface area contributed by atoms with Gasteiger partial charge < -0.3 is 15.5 Å². The van der Waals surface area contributed by atoms with Crippen molar-refractivity contribution >= 4 is 0 Å². The summed E-state index contributed by atoms with van der Waals surface area (Å²) < 4.78 is 0. The van der Waals surface area contributed by atoms with Crippen LogP contribution in [0.5, 0.6) is 5.75 Å². The number of phenolic OH excluding ortho intramolecular Hbond substituents is 1. The first-order valence-corrected chi connectivity index (χ1v) is 6.59. The summed E-state index contributed by atoms with van der Waals surface area (Å²) in [4.78, 5) is 0. The van der Waals surface area contributed by atoms with E-state index in [1.54, 1.807) is 6.07 Å². The number of hydrogen-bond acceptors (Lipinski definition) is 3. The summed E-state index contributed by atoms with van der Waals surface area (Å²) in [6.45, 7) is 8.26. The van der Waals surface area contributed by atoms with Crippen molar-refractivity contribution in [2.45, 2.75) is 45.6 Å². The molecule has 0 amide bonds. The largest absolute Gasteiger partial charge is 0.508 e. The number of unbranched alkanes of at least 4 members (excludes halogenated alkanes) is 1. The molecule has 1 rings (SSSR count). The summed E-state index contributed by atoms with van der Waals surface area (Å²) in [6, 6.07) is 5.78. The molecule has 0 saturated heterocycles. The molecule has 0 radical (unpaired) electrons. The molecule has 0 aromatic heterocycles. The lowest BCUT2D eigenvalue weighted by Crippen LogP contribution is -2.16. The molecule has 0 aliphatic rings. The number of aliphatic hydroxyl groups excluding tert-OH is 1. The molecule has 18 heavy (non-hydrogen) atoms. The molecule has 0 saturated carbocycles. The highest BCUT2D eigenvalue weighted by Crippen LogP contribution is 2.31. The van der Waals surface area contributed by atoms with E-state index in [1.807, 2.05) is 6.07 Å². The number of rotatable bonds is 6. The molecule has 0 aliphatic heterocycles. The minimum Gasteiger partial charge on any atom is -0.508 e. The third-order valence-electron chi connectivity index (χ3n) is 2.96. The lowest BCUT2D eigenvalue weighted by atomic mass is 9.85. The van der Waals surface area contributed by atoms with Crippen molar-refractivity contribution in [1.29, 1.82) is 0 Å². The quantitative estimate of drug-likeness (QED) is 0.681. The Morgan fingerprint density at radius 1 is 1.17 bits per heavy atom. The van der Waals surface area contributed by atoms with Crippen LogP contribution in [0.15, 0.2) is 18.2 Å². The van der Waals surface area contributed by atoms with E-state index in [9.17, 15) is 5.11 Å². The number of nitrogens with one attached hydrogen (secondary N) is 1. The van der Waals surface area contributed by atoms with E-state index in [4.69, 9.17) is 5.11 Å². The molecule has 0 bridgehead atoms. The van der Waals surface area contributed by atoms with E-state index in [1.165, 1.54) is 5.56 Å². The van der Waals surface area contributed by atoms with Crippen LogP contribution in [0.4, 0.5) is 0 Å². The second kappa shape index (κ2) is 6.76. The summed E-state index contributed by atoms with van der Waals surface area (Å²) in [7, 11) is 0. The first-order chi connectivity index (χ1) is 8.45. The normalized spacial score (nSPS) is 11.8. The van der Waals surface area contributed by atoms with Gasteiger partial charge in [0.1, 0.15) is 5.75 Å². The lowest BCUT2D eigenvalue weighted by molar-refractivity contribution is 0.283. The Morgan fingerprint density at radius 2 is 1.89 bits per heavy atom. The van der Waals surface area contributed by atoms with Crippen molar-refractivity contribution in [1.82, 2.24) is 5.32 Å². The molecule has 1 aromatic rings. The molecule has 1 aromatic carbocycles. The Labute approximate surface area is 110 Å². The Morgan fingerprint density at radius 3 is 2.50 bits per heavy atom. The van der Waals surface area contributed by atoms with Gasteiger partial charge in [-0.1, -0.05) is 32.9 Å². The average molecular weight is 251 g/mol. The zero-order valence-electron chi connectivity index (χ0n) is 11.7. The van der Waals surface area contributed by atoms with E-state index in [0.717, 1.165) is 31.5 Å². The SMILES string of the molecule is CC(C)(C)c1cc(CNCCCCO)ccc1O. The van der Waals surface area contributed by atoms with E-state index in [-0.39, 0.29) is 12.0 Å². The van der Waals surface area contributed by atoms with Gasteiger partial charge in [0, 0.05) is 13.2 Å². The second-order valence-electron chi connectivity index (χ2n) is 5.71. The van der Waals surface area contributed by atoms with Crippen molar-refractivity contribution in [3.63, 3.8) is 0 Å². The summed E-state index contributed by atoms with van der Waals surface area (Å²) >= 11 is 0. The van der Waals surface area contributed by atoms with Gasteiger partial charge in [-0.25, -0.2) is 0 Å². The minimum atomic E-state index is -0.0447. The fraction of sp³-hybridized carbons (Fsp3) is 0.600. The van der Waals surface area contributed by atoms with Crippen LogP contribution in [0.3, 0.4) is 0 Å². The maximum Gasteiger partial charge on any atom is 0.119 e. The van der Waals surface area contributed by atoms with Gasteiger partial charge in [-0.3, -0.25) is 0 Å². The number of phenols is 1. The van der Waals surface area contributed by atoms with Gasteiger partial charge in [0.2, 0.25) is 0 Å². The van der Waals surface area contributed by atoms with Gasteiger partial charge >= 0.3 is 0 Å². The Kier molecular flexibility index (Phi) is 5.63. The number of aliphatic hydroxyl groups is 1. The van der Waals surface area contributed by atoms with E-state index >= 15 is 0 Å². The zero-order valence-corrected chi connectivity index (χ0v) is 11.7. The molecule has 0 heterocycles. The lowest BCUT2D eigenvalue weighted by Gasteiger charge is -2.21. The molecular formula is C15H25NO2. The fourth-order valence-electron chi connectivity index (χ4n) is 1.89. The van der Waals surface area contributed by atoms with Crippen molar-refractivity contribution in [2.24, 2.45) is 0 Å². The molecule has 102 valence electrons. The molecule has 0 atom stereocenters. The third kappa shape index (κ3) is 4.67. The molecular weight excluding hydrogens is 226 g/mol. The molecule has 3 N–H and O–H groups in total. The van der Waals surface area contributed by atoms with E-state index in [2.05, 4.69) is 32.2 Å². The second-order valence-corrected chi connectivity index (χ2v) is 5.71. The fourth-order valence-corrected chi connectivity index (χ4v) is 1.89. The Balaban J connectivity index is 2.57.